The molecule has 0 bridgehead atoms. The molecule has 0 aromatic rings. The molecule has 0 aliphatic heterocycles. The molecule has 1 fully saturated rings. The first-order valence-electron chi connectivity index (χ1n) is 5.20. The van der Waals surface area contributed by atoms with E-state index in [0.717, 1.165) is 18.8 Å². The Morgan fingerprint density at radius 3 is 1.83 bits per heavy atom. The van der Waals surface area contributed by atoms with E-state index >= 15 is 0 Å². The van der Waals surface area contributed by atoms with E-state index in [0.29, 0.717) is 11.7 Å². The van der Waals surface area contributed by atoms with Crippen molar-refractivity contribution in [1.29, 1.82) is 0 Å². The van der Waals surface area contributed by atoms with Gasteiger partial charge in [-0.1, -0.05) is 33.6 Å². The molecule has 1 heteroatoms. The van der Waals surface area contributed by atoms with Crippen LogP contribution in [-0.4, -0.2) is 5.78 Å². The van der Waals surface area contributed by atoms with Gasteiger partial charge in [-0.05, 0) is 25.7 Å². The van der Waals surface area contributed by atoms with Crippen LogP contribution in [0.2, 0.25) is 0 Å². The van der Waals surface area contributed by atoms with Gasteiger partial charge in [-0.2, -0.15) is 0 Å². The zero-order valence-corrected chi connectivity index (χ0v) is 8.89. The van der Waals surface area contributed by atoms with Gasteiger partial charge in [0.25, 0.3) is 0 Å². The maximum atomic E-state index is 10.9. The fourth-order valence-corrected chi connectivity index (χ4v) is 1.67. The van der Waals surface area contributed by atoms with Crippen molar-refractivity contribution in [2.75, 3.05) is 0 Å². The molecule has 12 heavy (non-hydrogen) atoms. The van der Waals surface area contributed by atoms with Crippen molar-refractivity contribution >= 4 is 5.78 Å². The molecule has 0 heterocycles. The lowest BCUT2D eigenvalue weighted by atomic mass is 9.81. The largest absolute Gasteiger partial charge is 0.300 e. The Bertz CT molecular complexity index is 121. The number of hydrogen-bond donors (Lipinski definition) is 0. The maximum Gasteiger partial charge on any atom is 0.132 e. The molecule has 72 valence electrons. The highest BCUT2D eigenvalue weighted by molar-refractivity contribution is 5.78. The minimum atomic E-state index is 0.395. The molecule has 0 radical (unpaired) electrons. The van der Waals surface area contributed by atoms with Gasteiger partial charge in [0, 0.05) is 5.92 Å². The Hall–Kier alpha value is -0.330. The molecule has 1 nitrogen and oxygen atoms in total. The highest BCUT2D eigenvalue weighted by Crippen LogP contribution is 2.28. The van der Waals surface area contributed by atoms with Gasteiger partial charge in [0.15, 0.2) is 0 Å². The van der Waals surface area contributed by atoms with Crippen molar-refractivity contribution in [2.45, 2.75) is 53.4 Å². The second-order valence-corrected chi connectivity index (χ2v) is 3.57. The van der Waals surface area contributed by atoms with Crippen LogP contribution in [0.1, 0.15) is 53.4 Å². The average Bonchev–Trinajstić information content (AvgIpc) is 2.09. The molecule has 1 aliphatic carbocycles. The third-order valence-corrected chi connectivity index (χ3v) is 2.59. The summed E-state index contributed by atoms with van der Waals surface area (Å²) in [5.74, 6) is 1.65. The van der Waals surface area contributed by atoms with E-state index in [2.05, 4.69) is 6.92 Å². The van der Waals surface area contributed by atoms with Gasteiger partial charge in [-0.25, -0.2) is 0 Å². The zero-order valence-electron chi connectivity index (χ0n) is 8.89. The van der Waals surface area contributed by atoms with Crippen LogP contribution in [0.15, 0.2) is 0 Å². The molecule has 0 atom stereocenters. The monoisotopic (exact) mass is 170 g/mol. The van der Waals surface area contributed by atoms with E-state index < -0.39 is 0 Å². The van der Waals surface area contributed by atoms with Gasteiger partial charge < -0.3 is 0 Å². The van der Waals surface area contributed by atoms with Gasteiger partial charge in [-0.3, -0.25) is 4.79 Å². The number of carbonyl (C=O) groups is 1. The van der Waals surface area contributed by atoms with Crippen molar-refractivity contribution in [3.63, 3.8) is 0 Å². The summed E-state index contributed by atoms with van der Waals surface area (Å²) in [4.78, 5) is 10.9. The third kappa shape index (κ3) is 3.89. The van der Waals surface area contributed by atoms with Crippen molar-refractivity contribution in [1.82, 2.24) is 0 Å². The summed E-state index contributed by atoms with van der Waals surface area (Å²) >= 11 is 0. The Morgan fingerprint density at radius 1 is 1.08 bits per heavy atom. The standard InChI is InChI=1S/C9H16O.C2H6/c1-7-3-5-9(6-4-7)8(2)10;1-2/h7,9H,3-6H2,1-2H3;1-2H3. The second-order valence-electron chi connectivity index (χ2n) is 3.57. The van der Waals surface area contributed by atoms with Gasteiger partial charge in [-0.15, -0.1) is 0 Å². The van der Waals surface area contributed by atoms with Gasteiger partial charge in [0.05, 0.1) is 0 Å². The van der Waals surface area contributed by atoms with Crippen molar-refractivity contribution in [3.05, 3.63) is 0 Å². The Labute approximate surface area is 76.6 Å². The molecule has 0 aromatic heterocycles. The lowest BCUT2D eigenvalue weighted by molar-refractivity contribution is -0.121. The first kappa shape index (κ1) is 11.7. The van der Waals surface area contributed by atoms with E-state index in [9.17, 15) is 4.79 Å². The molecule has 1 aliphatic rings. The quantitative estimate of drug-likeness (QED) is 0.589. The highest BCUT2D eigenvalue weighted by Gasteiger charge is 2.20. The molecular formula is C11H22O. The first-order valence-corrected chi connectivity index (χ1v) is 5.20. The highest BCUT2D eigenvalue weighted by atomic mass is 16.1. The summed E-state index contributed by atoms with van der Waals surface area (Å²) in [7, 11) is 0. The van der Waals surface area contributed by atoms with Crippen molar-refractivity contribution in [3.8, 4) is 0 Å². The summed E-state index contributed by atoms with van der Waals surface area (Å²) in [5, 5.41) is 0. The minimum Gasteiger partial charge on any atom is -0.300 e. The van der Waals surface area contributed by atoms with Crippen LogP contribution in [0.5, 0.6) is 0 Å². The van der Waals surface area contributed by atoms with Crippen molar-refractivity contribution in [2.24, 2.45) is 11.8 Å². The van der Waals surface area contributed by atoms with Crippen LogP contribution in [0.4, 0.5) is 0 Å². The molecule has 0 aromatic carbocycles. The number of Topliss-reactive ketones (excluding diaryl/α,β-unsaturated/α-hetero) is 1. The Morgan fingerprint density at radius 2 is 1.50 bits per heavy atom. The van der Waals surface area contributed by atoms with Gasteiger partial charge >= 0.3 is 0 Å². The van der Waals surface area contributed by atoms with E-state index in [1.54, 1.807) is 6.92 Å². The number of carbonyl (C=O) groups excluding carboxylic acids is 1. The molecule has 0 spiro atoms. The predicted molar refractivity (Wildman–Crippen MR) is 53.2 cm³/mol. The van der Waals surface area contributed by atoms with Crippen LogP contribution >= 0.6 is 0 Å². The van der Waals surface area contributed by atoms with Gasteiger partial charge in [0.1, 0.15) is 5.78 Å². The molecule has 0 amide bonds. The zero-order chi connectivity index (χ0) is 9.56. The van der Waals surface area contributed by atoms with Crippen LogP contribution in [0.25, 0.3) is 0 Å². The Balaban J connectivity index is 0.000000561. The minimum absolute atomic E-state index is 0.395. The van der Waals surface area contributed by atoms with E-state index in [-0.39, 0.29) is 0 Å². The SMILES string of the molecule is CC.CC(=O)C1CCC(C)CC1. The van der Waals surface area contributed by atoms with Gasteiger partial charge in [0.2, 0.25) is 0 Å². The van der Waals surface area contributed by atoms with E-state index in [1.807, 2.05) is 13.8 Å². The van der Waals surface area contributed by atoms with Crippen LogP contribution in [0, 0.1) is 11.8 Å². The fraction of sp³-hybridized carbons (Fsp3) is 0.909. The number of hydrogen-bond acceptors (Lipinski definition) is 1. The summed E-state index contributed by atoms with van der Waals surface area (Å²) in [6.07, 6.45) is 4.78. The van der Waals surface area contributed by atoms with Crippen LogP contribution in [0.3, 0.4) is 0 Å². The topological polar surface area (TPSA) is 17.1 Å². The average molecular weight is 170 g/mol. The van der Waals surface area contributed by atoms with E-state index in [4.69, 9.17) is 0 Å². The number of ketones is 1. The lowest BCUT2D eigenvalue weighted by Gasteiger charge is -2.23. The second kappa shape index (κ2) is 6.22. The first-order chi connectivity index (χ1) is 5.70. The smallest absolute Gasteiger partial charge is 0.132 e. The van der Waals surface area contributed by atoms with Crippen LogP contribution in [-0.2, 0) is 4.79 Å². The third-order valence-electron chi connectivity index (χ3n) is 2.59. The normalized spacial score (nSPS) is 28.7. The molecule has 1 saturated carbocycles. The summed E-state index contributed by atoms with van der Waals surface area (Å²) < 4.78 is 0. The molecule has 0 unspecified atom stereocenters. The molecule has 1 rings (SSSR count). The Kier molecular flexibility index (Phi) is 6.04. The summed E-state index contributed by atoms with van der Waals surface area (Å²) in [6, 6.07) is 0. The predicted octanol–water partition coefficient (Wildman–Crippen LogP) is 3.43. The maximum absolute atomic E-state index is 10.9. The summed E-state index contributed by atoms with van der Waals surface area (Å²) in [6.45, 7) is 8.00. The molecule has 0 saturated heterocycles. The fourth-order valence-electron chi connectivity index (χ4n) is 1.67. The lowest BCUT2D eigenvalue weighted by Crippen LogP contribution is -2.18. The summed E-state index contributed by atoms with van der Waals surface area (Å²) in [5.41, 5.74) is 0. The molecule has 0 N–H and O–H groups in total. The van der Waals surface area contributed by atoms with E-state index in [1.165, 1.54) is 12.8 Å². The van der Waals surface area contributed by atoms with Crippen LogP contribution < -0.4 is 0 Å². The number of rotatable bonds is 1. The molecular weight excluding hydrogens is 148 g/mol. The van der Waals surface area contributed by atoms with Crippen molar-refractivity contribution < 1.29 is 4.79 Å².